The highest BCUT2D eigenvalue weighted by atomic mass is 16.5. The lowest BCUT2D eigenvalue weighted by Gasteiger charge is -2.31. The molecule has 0 amide bonds. The zero-order valence-electron chi connectivity index (χ0n) is 20.1. The molecule has 178 valence electrons. The maximum absolute atomic E-state index is 10.7. The second-order valence-electron chi connectivity index (χ2n) is 8.38. The second-order valence-corrected chi connectivity index (χ2v) is 8.38. The molecule has 0 unspecified atom stereocenters. The predicted molar refractivity (Wildman–Crippen MR) is 126 cm³/mol. The molecule has 2 aromatic rings. The molecule has 0 bridgehead atoms. The molecule has 0 spiro atoms. The SMILES string of the molecule is COc1ccc(C[C@@H](CC[C@@H](C)O)[C@@H](Cc2ccc(OC)c(OC)c2)[C@@H](C)O)cc1OC. The summed E-state index contributed by atoms with van der Waals surface area (Å²) in [6.45, 7) is 3.65. The molecule has 6 heteroatoms. The van der Waals surface area contributed by atoms with Crippen LogP contribution in [0, 0.1) is 11.8 Å². The molecule has 0 saturated heterocycles. The van der Waals surface area contributed by atoms with E-state index in [0.29, 0.717) is 35.8 Å². The number of methoxy groups -OCH3 is 4. The van der Waals surface area contributed by atoms with E-state index in [1.54, 1.807) is 35.4 Å². The third kappa shape index (κ3) is 7.04. The minimum absolute atomic E-state index is 0.0000485. The molecular formula is C26H38O6. The molecule has 2 N–H and O–H groups in total. The summed E-state index contributed by atoms with van der Waals surface area (Å²) in [7, 11) is 6.49. The van der Waals surface area contributed by atoms with Crippen molar-refractivity contribution in [2.45, 2.75) is 51.7 Å². The van der Waals surface area contributed by atoms with Gasteiger partial charge in [0.05, 0.1) is 40.6 Å². The van der Waals surface area contributed by atoms with E-state index in [0.717, 1.165) is 24.0 Å². The lowest BCUT2D eigenvalue weighted by atomic mass is 9.77. The largest absolute Gasteiger partial charge is 0.493 e. The standard InChI is InChI=1S/C26H38O6/c1-17(27)7-10-21(13-19-8-11-23(29-3)25(15-19)31-5)22(18(2)28)14-20-9-12-24(30-4)26(16-20)32-6/h8-9,11-12,15-18,21-22,27-28H,7,10,13-14H2,1-6H3/t17-,18-,21-,22+/m1/s1. The van der Waals surface area contributed by atoms with Crippen LogP contribution in [-0.4, -0.2) is 50.9 Å². The van der Waals surface area contributed by atoms with Crippen LogP contribution in [0.25, 0.3) is 0 Å². The number of rotatable bonds is 13. The van der Waals surface area contributed by atoms with Gasteiger partial charge in [-0.05, 0) is 86.8 Å². The van der Waals surface area contributed by atoms with Crippen molar-refractivity contribution < 1.29 is 29.2 Å². The molecule has 0 saturated carbocycles. The number of aliphatic hydroxyl groups excluding tert-OH is 2. The normalized spacial score (nSPS) is 14.9. The molecule has 4 atom stereocenters. The van der Waals surface area contributed by atoms with Gasteiger partial charge in [0.1, 0.15) is 0 Å². The molecule has 0 heterocycles. The van der Waals surface area contributed by atoms with Gasteiger partial charge in [0.15, 0.2) is 23.0 Å². The van der Waals surface area contributed by atoms with E-state index in [4.69, 9.17) is 18.9 Å². The Balaban J connectivity index is 2.32. The van der Waals surface area contributed by atoms with Crippen molar-refractivity contribution >= 4 is 0 Å². The fraction of sp³-hybridized carbons (Fsp3) is 0.538. The van der Waals surface area contributed by atoms with Gasteiger partial charge in [0, 0.05) is 0 Å². The quantitative estimate of drug-likeness (QED) is 0.478. The zero-order valence-corrected chi connectivity index (χ0v) is 20.1. The van der Waals surface area contributed by atoms with Crippen molar-refractivity contribution in [3.63, 3.8) is 0 Å². The lowest BCUT2D eigenvalue weighted by Crippen LogP contribution is -2.30. The fourth-order valence-corrected chi connectivity index (χ4v) is 4.24. The average Bonchev–Trinajstić information content (AvgIpc) is 2.79. The predicted octanol–water partition coefficient (Wildman–Crippen LogP) is 4.28. The Bertz CT molecular complexity index is 833. The number of hydrogen-bond acceptors (Lipinski definition) is 6. The molecule has 2 aromatic carbocycles. The maximum atomic E-state index is 10.7. The van der Waals surface area contributed by atoms with Gasteiger partial charge < -0.3 is 29.2 Å². The van der Waals surface area contributed by atoms with E-state index in [9.17, 15) is 10.2 Å². The van der Waals surface area contributed by atoms with Crippen LogP contribution in [0.15, 0.2) is 36.4 Å². The summed E-state index contributed by atoms with van der Waals surface area (Å²) in [5.41, 5.74) is 2.18. The molecule has 0 aliphatic heterocycles. The second kappa shape index (κ2) is 12.6. The summed E-state index contributed by atoms with van der Waals surface area (Å²) in [5.74, 6) is 2.90. The fourth-order valence-electron chi connectivity index (χ4n) is 4.24. The first-order valence-electron chi connectivity index (χ1n) is 11.1. The highest BCUT2D eigenvalue weighted by molar-refractivity contribution is 5.44. The summed E-state index contributed by atoms with van der Waals surface area (Å²) < 4.78 is 21.6. The number of aliphatic hydroxyl groups is 2. The summed E-state index contributed by atoms with van der Waals surface area (Å²) in [6.07, 6.45) is 2.02. The molecule has 6 nitrogen and oxygen atoms in total. The highest BCUT2D eigenvalue weighted by Crippen LogP contribution is 2.35. The third-order valence-corrected chi connectivity index (χ3v) is 6.05. The van der Waals surface area contributed by atoms with Crippen molar-refractivity contribution in [3.05, 3.63) is 47.5 Å². The molecule has 0 aliphatic rings. The molecule has 0 aliphatic carbocycles. The van der Waals surface area contributed by atoms with Crippen LogP contribution >= 0.6 is 0 Å². The third-order valence-electron chi connectivity index (χ3n) is 6.05. The van der Waals surface area contributed by atoms with E-state index >= 15 is 0 Å². The lowest BCUT2D eigenvalue weighted by molar-refractivity contribution is 0.0751. The van der Waals surface area contributed by atoms with Crippen molar-refractivity contribution in [2.24, 2.45) is 11.8 Å². The van der Waals surface area contributed by atoms with Crippen LogP contribution in [0.4, 0.5) is 0 Å². The Labute approximate surface area is 192 Å². The molecule has 0 aromatic heterocycles. The van der Waals surface area contributed by atoms with Crippen LogP contribution < -0.4 is 18.9 Å². The van der Waals surface area contributed by atoms with Crippen molar-refractivity contribution in [3.8, 4) is 23.0 Å². The Hall–Kier alpha value is -2.44. The average molecular weight is 447 g/mol. The van der Waals surface area contributed by atoms with Gasteiger partial charge in [0.25, 0.3) is 0 Å². The van der Waals surface area contributed by atoms with Gasteiger partial charge in [-0.1, -0.05) is 12.1 Å². The van der Waals surface area contributed by atoms with Crippen molar-refractivity contribution in [2.75, 3.05) is 28.4 Å². The van der Waals surface area contributed by atoms with Gasteiger partial charge in [-0.15, -0.1) is 0 Å². The van der Waals surface area contributed by atoms with Gasteiger partial charge >= 0.3 is 0 Å². The van der Waals surface area contributed by atoms with Crippen LogP contribution in [0.3, 0.4) is 0 Å². The van der Waals surface area contributed by atoms with Gasteiger partial charge in [-0.25, -0.2) is 0 Å². The van der Waals surface area contributed by atoms with E-state index in [1.807, 2.05) is 43.3 Å². The van der Waals surface area contributed by atoms with Crippen LogP contribution in [0.1, 0.15) is 37.8 Å². The van der Waals surface area contributed by atoms with E-state index < -0.39 is 12.2 Å². The topological polar surface area (TPSA) is 77.4 Å². The summed E-state index contributed by atoms with van der Waals surface area (Å²) in [5, 5.41) is 20.7. The first kappa shape index (κ1) is 25.8. The van der Waals surface area contributed by atoms with E-state index in [2.05, 4.69) is 0 Å². The first-order chi connectivity index (χ1) is 15.3. The molecule has 0 fully saturated rings. The molecule has 2 rings (SSSR count). The smallest absolute Gasteiger partial charge is 0.160 e. The van der Waals surface area contributed by atoms with Crippen molar-refractivity contribution in [1.82, 2.24) is 0 Å². The van der Waals surface area contributed by atoms with Crippen molar-refractivity contribution in [1.29, 1.82) is 0 Å². The van der Waals surface area contributed by atoms with Crippen LogP contribution in [0.2, 0.25) is 0 Å². The van der Waals surface area contributed by atoms with Gasteiger partial charge in [-0.2, -0.15) is 0 Å². The Kier molecular flexibility index (Phi) is 10.1. The highest BCUT2D eigenvalue weighted by Gasteiger charge is 2.27. The summed E-state index contributed by atoms with van der Waals surface area (Å²) in [6, 6.07) is 11.8. The minimum Gasteiger partial charge on any atom is -0.493 e. The van der Waals surface area contributed by atoms with E-state index in [-0.39, 0.29) is 11.8 Å². The molecular weight excluding hydrogens is 408 g/mol. The van der Waals surface area contributed by atoms with Gasteiger partial charge in [0.2, 0.25) is 0 Å². The maximum Gasteiger partial charge on any atom is 0.160 e. The molecule has 32 heavy (non-hydrogen) atoms. The van der Waals surface area contributed by atoms with Crippen LogP contribution in [0.5, 0.6) is 23.0 Å². The zero-order chi connectivity index (χ0) is 23.7. The monoisotopic (exact) mass is 446 g/mol. The first-order valence-corrected chi connectivity index (χ1v) is 11.1. The number of benzene rings is 2. The van der Waals surface area contributed by atoms with Crippen LogP contribution in [-0.2, 0) is 12.8 Å². The number of ether oxygens (including phenoxy) is 4. The Morgan fingerprint density at radius 1 is 0.656 bits per heavy atom. The number of hydrogen-bond donors (Lipinski definition) is 2. The Morgan fingerprint density at radius 2 is 1.12 bits per heavy atom. The van der Waals surface area contributed by atoms with Gasteiger partial charge in [-0.3, -0.25) is 0 Å². The Morgan fingerprint density at radius 3 is 1.53 bits per heavy atom. The summed E-state index contributed by atoms with van der Waals surface area (Å²) >= 11 is 0. The van der Waals surface area contributed by atoms with E-state index in [1.165, 1.54) is 0 Å². The molecule has 0 radical (unpaired) electrons. The minimum atomic E-state index is -0.512. The summed E-state index contributed by atoms with van der Waals surface area (Å²) in [4.78, 5) is 0.